The van der Waals surface area contributed by atoms with E-state index in [9.17, 15) is 8.42 Å². The lowest BCUT2D eigenvalue weighted by molar-refractivity contribution is 0.289. The first kappa shape index (κ1) is 15.4. The third kappa shape index (κ3) is 3.54. The fraction of sp³-hybridized carbons (Fsp3) is 0.625. The van der Waals surface area contributed by atoms with Crippen LogP contribution in [0.3, 0.4) is 0 Å². The Kier molecular flexibility index (Phi) is 4.74. The summed E-state index contributed by atoms with van der Waals surface area (Å²) in [5.41, 5.74) is 0. The zero-order chi connectivity index (χ0) is 14.8. The van der Waals surface area contributed by atoms with Gasteiger partial charge in [0.25, 0.3) is 0 Å². The first-order chi connectivity index (χ1) is 9.39. The zero-order valence-corrected chi connectivity index (χ0v) is 13.3. The first-order valence-corrected chi connectivity index (χ1v) is 8.91. The Morgan fingerprint density at radius 1 is 1.20 bits per heavy atom. The molecule has 4 heteroatoms. The molecule has 1 aliphatic rings. The summed E-state index contributed by atoms with van der Waals surface area (Å²) < 4.78 is 30.3. The van der Waals surface area contributed by atoms with Gasteiger partial charge in [-0.3, -0.25) is 0 Å². The van der Waals surface area contributed by atoms with Crippen LogP contribution in [0, 0.1) is 11.8 Å². The quantitative estimate of drug-likeness (QED) is 0.804. The molecule has 112 valence electrons. The lowest BCUT2D eigenvalue weighted by Gasteiger charge is -2.32. The van der Waals surface area contributed by atoms with Crippen molar-refractivity contribution in [1.82, 2.24) is 0 Å². The van der Waals surface area contributed by atoms with Gasteiger partial charge in [-0.1, -0.05) is 20.8 Å². The third-order valence-electron chi connectivity index (χ3n) is 3.89. The molecule has 0 N–H and O–H groups in total. The predicted molar refractivity (Wildman–Crippen MR) is 80.8 cm³/mol. The van der Waals surface area contributed by atoms with Crippen LogP contribution in [0.15, 0.2) is 29.2 Å². The maximum absolute atomic E-state index is 12.3. The number of rotatable bonds is 6. The van der Waals surface area contributed by atoms with Crippen molar-refractivity contribution in [2.75, 3.05) is 6.61 Å². The van der Waals surface area contributed by atoms with Gasteiger partial charge in [-0.05, 0) is 55.4 Å². The van der Waals surface area contributed by atoms with Crippen molar-refractivity contribution in [3.05, 3.63) is 24.3 Å². The van der Waals surface area contributed by atoms with Crippen LogP contribution >= 0.6 is 0 Å². The molecule has 20 heavy (non-hydrogen) atoms. The van der Waals surface area contributed by atoms with Crippen LogP contribution in [0.5, 0.6) is 5.75 Å². The molecule has 0 unspecified atom stereocenters. The monoisotopic (exact) mass is 296 g/mol. The maximum Gasteiger partial charge on any atom is 0.181 e. The summed E-state index contributed by atoms with van der Waals surface area (Å²) in [6.45, 7) is 7.07. The summed E-state index contributed by atoms with van der Waals surface area (Å²) in [4.78, 5) is 0.422. The van der Waals surface area contributed by atoms with Gasteiger partial charge >= 0.3 is 0 Å². The molecule has 1 aromatic rings. The number of hydrogen-bond donors (Lipinski definition) is 0. The molecular weight excluding hydrogens is 272 g/mol. The summed E-state index contributed by atoms with van der Waals surface area (Å²) in [6.07, 6.45) is 2.57. The fourth-order valence-corrected chi connectivity index (χ4v) is 4.48. The lowest BCUT2D eigenvalue weighted by atomic mass is 9.87. The molecule has 0 bridgehead atoms. The van der Waals surface area contributed by atoms with Crippen molar-refractivity contribution < 1.29 is 13.2 Å². The molecule has 0 spiro atoms. The molecular formula is C16H24O3S. The molecule has 0 atom stereocenters. The molecule has 0 aliphatic heterocycles. The molecule has 1 saturated carbocycles. The normalized spacial score (nSPS) is 22.6. The number of hydrogen-bond acceptors (Lipinski definition) is 3. The van der Waals surface area contributed by atoms with Crippen molar-refractivity contribution in [2.45, 2.75) is 50.2 Å². The van der Waals surface area contributed by atoms with Crippen molar-refractivity contribution in [3.63, 3.8) is 0 Å². The average molecular weight is 296 g/mol. The van der Waals surface area contributed by atoms with E-state index < -0.39 is 9.84 Å². The van der Waals surface area contributed by atoms with E-state index in [4.69, 9.17) is 4.74 Å². The Hall–Kier alpha value is -1.03. The van der Waals surface area contributed by atoms with Crippen LogP contribution in [0.2, 0.25) is 0 Å². The molecule has 0 aromatic heterocycles. The largest absolute Gasteiger partial charge is 0.494 e. The summed E-state index contributed by atoms with van der Waals surface area (Å²) >= 11 is 0. The van der Waals surface area contributed by atoms with E-state index in [1.54, 1.807) is 24.3 Å². The van der Waals surface area contributed by atoms with Crippen LogP contribution in [0.25, 0.3) is 0 Å². The topological polar surface area (TPSA) is 43.4 Å². The summed E-state index contributed by atoms with van der Waals surface area (Å²) in [7, 11) is -3.14. The molecule has 2 rings (SSSR count). The highest BCUT2D eigenvalue weighted by Crippen LogP contribution is 2.36. The van der Waals surface area contributed by atoms with Gasteiger partial charge in [0, 0.05) is 0 Å². The van der Waals surface area contributed by atoms with Crippen LogP contribution in [0.4, 0.5) is 0 Å². The van der Waals surface area contributed by atoms with Crippen molar-refractivity contribution in [1.29, 1.82) is 0 Å². The maximum atomic E-state index is 12.3. The van der Waals surface area contributed by atoms with Crippen molar-refractivity contribution in [2.24, 2.45) is 11.8 Å². The first-order valence-electron chi connectivity index (χ1n) is 7.36. The van der Waals surface area contributed by atoms with Gasteiger partial charge < -0.3 is 4.74 Å². The van der Waals surface area contributed by atoms with E-state index >= 15 is 0 Å². The molecule has 0 saturated heterocycles. The molecule has 1 aromatic carbocycles. The van der Waals surface area contributed by atoms with Gasteiger partial charge in [0.2, 0.25) is 0 Å². The Morgan fingerprint density at radius 2 is 1.80 bits per heavy atom. The van der Waals surface area contributed by atoms with Crippen LogP contribution in [0.1, 0.15) is 40.0 Å². The van der Waals surface area contributed by atoms with Crippen molar-refractivity contribution in [3.8, 4) is 5.75 Å². The average Bonchev–Trinajstić information content (AvgIpc) is 2.35. The van der Waals surface area contributed by atoms with Gasteiger partial charge in [0.05, 0.1) is 16.8 Å². The van der Waals surface area contributed by atoms with Gasteiger partial charge in [0.15, 0.2) is 9.84 Å². The summed E-state index contributed by atoms with van der Waals surface area (Å²) in [5.74, 6) is 1.88. The van der Waals surface area contributed by atoms with Gasteiger partial charge in [-0.25, -0.2) is 8.42 Å². The van der Waals surface area contributed by atoms with Crippen molar-refractivity contribution >= 4 is 9.84 Å². The third-order valence-corrected chi connectivity index (χ3v) is 6.08. The van der Waals surface area contributed by atoms with Crippen LogP contribution < -0.4 is 4.74 Å². The molecule has 0 amide bonds. The second-order valence-corrected chi connectivity index (χ2v) is 8.47. The van der Waals surface area contributed by atoms with Gasteiger partial charge in [0.1, 0.15) is 5.75 Å². The zero-order valence-electron chi connectivity index (χ0n) is 12.5. The highest BCUT2D eigenvalue weighted by Gasteiger charge is 2.37. The van der Waals surface area contributed by atoms with E-state index in [0.29, 0.717) is 23.3 Å². The van der Waals surface area contributed by atoms with Gasteiger partial charge in [-0.15, -0.1) is 0 Å². The second-order valence-electron chi connectivity index (χ2n) is 6.25. The molecule has 1 fully saturated rings. The minimum Gasteiger partial charge on any atom is -0.494 e. The second kappa shape index (κ2) is 6.17. The Balaban J connectivity index is 1.97. The molecule has 0 heterocycles. The molecule has 3 nitrogen and oxygen atoms in total. The summed E-state index contributed by atoms with van der Waals surface area (Å²) in [6, 6.07) is 6.86. The van der Waals surface area contributed by atoms with Gasteiger partial charge in [-0.2, -0.15) is 0 Å². The highest BCUT2D eigenvalue weighted by molar-refractivity contribution is 7.92. The minimum absolute atomic E-state index is 0.190. The fourth-order valence-electron chi connectivity index (χ4n) is 2.41. The van der Waals surface area contributed by atoms with E-state index in [1.165, 1.54) is 0 Å². The van der Waals surface area contributed by atoms with Crippen LogP contribution in [-0.4, -0.2) is 20.3 Å². The smallest absolute Gasteiger partial charge is 0.181 e. The standard InChI is InChI=1S/C16H24O3S/c1-12(2)8-9-19-14-4-6-15(7-5-14)20(17,18)16-10-13(3)11-16/h4-7,12-13,16H,8-11H2,1-3H3. The Morgan fingerprint density at radius 3 is 2.30 bits per heavy atom. The number of sulfone groups is 1. The summed E-state index contributed by atoms with van der Waals surface area (Å²) in [5, 5.41) is -0.190. The molecule has 1 aliphatic carbocycles. The van der Waals surface area contributed by atoms with E-state index in [0.717, 1.165) is 25.0 Å². The molecule has 0 radical (unpaired) electrons. The number of ether oxygens (including phenoxy) is 1. The number of benzene rings is 1. The van der Waals surface area contributed by atoms with Crippen LogP contribution in [-0.2, 0) is 9.84 Å². The Bertz CT molecular complexity index is 525. The SMILES string of the molecule is CC(C)CCOc1ccc(S(=O)(=O)C2CC(C)C2)cc1. The van der Waals surface area contributed by atoms with E-state index in [2.05, 4.69) is 20.8 Å². The highest BCUT2D eigenvalue weighted by atomic mass is 32.2. The van der Waals surface area contributed by atoms with E-state index in [1.807, 2.05) is 0 Å². The predicted octanol–water partition coefficient (Wildman–Crippen LogP) is 3.68. The Labute approximate surface area is 122 Å². The lowest BCUT2D eigenvalue weighted by Crippen LogP contribution is -2.34. The van der Waals surface area contributed by atoms with E-state index in [-0.39, 0.29) is 5.25 Å². The minimum atomic E-state index is -3.14.